The molecule has 0 amide bonds. The molecule has 0 unspecified atom stereocenters. The standard InChI is InChI=1S/C25H27N/c1-3-4-9-17-26-19(2)24(23-15-7-8-16-25(23)26)18-21-13-10-12-20-11-5-6-14-22(20)21/h5-8,10-16H,3-4,9,17-18H2,1-2H3. The SMILES string of the molecule is CCCCCn1c(C)c(Cc2cccc3ccccc23)c2ccccc21. The van der Waals surface area contributed by atoms with Crippen LogP contribution in [0.3, 0.4) is 0 Å². The summed E-state index contributed by atoms with van der Waals surface area (Å²) in [4.78, 5) is 0. The molecule has 0 spiro atoms. The topological polar surface area (TPSA) is 4.93 Å². The third-order valence-corrected chi connectivity index (χ3v) is 5.59. The van der Waals surface area contributed by atoms with Crippen molar-refractivity contribution in [1.29, 1.82) is 0 Å². The van der Waals surface area contributed by atoms with E-state index in [1.807, 2.05) is 0 Å². The van der Waals surface area contributed by atoms with Crippen LogP contribution in [-0.2, 0) is 13.0 Å². The van der Waals surface area contributed by atoms with Gasteiger partial charge in [0.1, 0.15) is 0 Å². The minimum atomic E-state index is 0.995. The number of nitrogens with zero attached hydrogens (tertiary/aromatic N) is 1. The molecule has 1 heterocycles. The molecule has 0 saturated carbocycles. The van der Waals surface area contributed by atoms with Gasteiger partial charge < -0.3 is 4.57 Å². The molecule has 132 valence electrons. The molecule has 0 aliphatic carbocycles. The van der Waals surface area contributed by atoms with Gasteiger partial charge in [-0.2, -0.15) is 0 Å². The summed E-state index contributed by atoms with van der Waals surface area (Å²) in [7, 11) is 0. The van der Waals surface area contributed by atoms with Gasteiger partial charge in [-0.3, -0.25) is 0 Å². The summed E-state index contributed by atoms with van der Waals surface area (Å²) in [6, 6.07) is 24.3. The Morgan fingerprint density at radius 1 is 0.769 bits per heavy atom. The zero-order chi connectivity index (χ0) is 17.9. The lowest BCUT2D eigenvalue weighted by molar-refractivity contribution is 0.605. The maximum atomic E-state index is 2.53. The highest BCUT2D eigenvalue weighted by Gasteiger charge is 2.14. The van der Waals surface area contributed by atoms with Crippen LogP contribution in [0, 0.1) is 6.92 Å². The lowest BCUT2D eigenvalue weighted by atomic mass is 9.97. The Bertz CT molecular complexity index is 1030. The third-order valence-electron chi connectivity index (χ3n) is 5.59. The number of aryl methyl sites for hydroxylation is 1. The summed E-state index contributed by atoms with van der Waals surface area (Å²) in [5.41, 5.74) is 5.71. The van der Waals surface area contributed by atoms with Crippen LogP contribution in [-0.4, -0.2) is 4.57 Å². The average Bonchev–Trinajstić information content (AvgIpc) is 2.94. The molecule has 1 nitrogen and oxygen atoms in total. The van der Waals surface area contributed by atoms with Gasteiger partial charge in [-0.15, -0.1) is 0 Å². The van der Waals surface area contributed by atoms with Gasteiger partial charge in [-0.25, -0.2) is 0 Å². The normalized spacial score (nSPS) is 11.5. The summed E-state index contributed by atoms with van der Waals surface area (Å²) in [6.07, 6.45) is 4.81. The second-order valence-electron chi connectivity index (χ2n) is 7.25. The first kappa shape index (κ1) is 16.9. The molecule has 4 rings (SSSR count). The molecule has 0 fully saturated rings. The van der Waals surface area contributed by atoms with Gasteiger partial charge in [-0.05, 0) is 41.3 Å². The number of rotatable bonds is 6. The first-order valence-corrected chi connectivity index (χ1v) is 9.83. The van der Waals surface area contributed by atoms with Gasteiger partial charge in [0.15, 0.2) is 0 Å². The van der Waals surface area contributed by atoms with E-state index in [0.717, 1.165) is 13.0 Å². The molecule has 0 bridgehead atoms. The van der Waals surface area contributed by atoms with Crippen LogP contribution >= 0.6 is 0 Å². The Morgan fingerprint density at radius 3 is 2.35 bits per heavy atom. The maximum Gasteiger partial charge on any atom is 0.0485 e. The third kappa shape index (κ3) is 3.03. The van der Waals surface area contributed by atoms with Crippen LogP contribution in [0.5, 0.6) is 0 Å². The molecule has 4 aromatic rings. The molecule has 0 aliphatic heterocycles. The van der Waals surface area contributed by atoms with Crippen LogP contribution in [0.25, 0.3) is 21.7 Å². The fourth-order valence-corrected chi connectivity index (χ4v) is 4.17. The summed E-state index contributed by atoms with van der Waals surface area (Å²) in [5, 5.41) is 4.11. The van der Waals surface area contributed by atoms with Gasteiger partial charge in [0.25, 0.3) is 0 Å². The van der Waals surface area contributed by atoms with E-state index in [2.05, 4.69) is 85.1 Å². The van der Waals surface area contributed by atoms with Crippen LogP contribution < -0.4 is 0 Å². The van der Waals surface area contributed by atoms with E-state index < -0.39 is 0 Å². The van der Waals surface area contributed by atoms with Gasteiger partial charge in [0.05, 0.1) is 0 Å². The quantitative estimate of drug-likeness (QED) is 0.337. The molecule has 0 saturated heterocycles. The molecule has 0 radical (unpaired) electrons. The number of fused-ring (bicyclic) bond motifs is 2. The van der Waals surface area contributed by atoms with E-state index in [4.69, 9.17) is 0 Å². The zero-order valence-corrected chi connectivity index (χ0v) is 15.8. The highest BCUT2D eigenvalue weighted by Crippen LogP contribution is 2.30. The van der Waals surface area contributed by atoms with Crippen LogP contribution in [0.15, 0.2) is 66.7 Å². The molecule has 0 atom stereocenters. The van der Waals surface area contributed by atoms with Gasteiger partial charge in [0, 0.05) is 29.6 Å². The lowest BCUT2D eigenvalue weighted by Gasteiger charge is -2.10. The second-order valence-corrected chi connectivity index (χ2v) is 7.25. The van der Waals surface area contributed by atoms with E-state index in [1.54, 1.807) is 0 Å². The number of hydrogen-bond acceptors (Lipinski definition) is 0. The number of para-hydroxylation sites is 1. The number of unbranched alkanes of at least 4 members (excludes halogenated alkanes) is 2. The van der Waals surface area contributed by atoms with Crippen molar-refractivity contribution in [3.05, 3.63) is 83.6 Å². The predicted molar refractivity (Wildman–Crippen MR) is 113 cm³/mol. The molecule has 3 aromatic carbocycles. The van der Waals surface area contributed by atoms with Crippen molar-refractivity contribution in [2.24, 2.45) is 0 Å². The largest absolute Gasteiger partial charge is 0.345 e. The fraction of sp³-hybridized carbons (Fsp3) is 0.280. The number of benzene rings is 3. The monoisotopic (exact) mass is 341 g/mol. The fourth-order valence-electron chi connectivity index (χ4n) is 4.17. The molecule has 26 heavy (non-hydrogen) atoms. The van der Waals surface area contributed by atoms with Gasteiger partial charge in [0.2, 0.25) is 0 Å². The van der Waals surface area contributed by atoms with Crippen molar-refractivity contribution in [2.75, 3.05) is 0 Å². The van der Waals surface area contributed by atoms with Crippen LogP contribution in [0.2, 0.25) is 0 Å². The molecular formula is C25H27N. The molecule has 0 N–H and O–H groups in total. The second kappa shape index (κ2) is 7.37. The van der Waals surface area contributed by atoms with E-state index >= 15 is 0 Å². The average molecular weight is 341 g/mol. The van der Waals surface area contributed by atoms with Crippen molar-refractivity contribution in [3.63, 3.8) is 0 Å². The molecule has 0 aliphatic rings. The first-order chi connectivity index (χ1) is 12.8. The van der Waals surface area contributed by atoms with Gasteiger partial charge >= 0.3 is 0 Å². The summed E-state index contributed by atoms with van der Waals surface area (Å²) >= 11 is 0. The Labute approximate surface area is 156 Å². The highest BCUT2D eigenvalue weighted by molar-refractivity contribution is 5.89. The maximum absolute atomic E-state index is 2.53. The first-order valence-electron chi connectivity index (χ1n) is 9.83. The van der Waals surface area contributed by atoms with Gasteiger partial charge in [-0.1, -0.05) is 80.4 Å². The number of hydrogen-bond donors (Lipinski definition) is 0. The lowest BCUT2D eigenvalue weighted by Crippen LogP contribution is -2.01. The van der Waals surface area contributed by atoms with E-state index in [-0.39, 0.29) is 0 Å². The highest BCUT2D eigenvalue weighted by atomic mass is 15.0. The van der Waals surface area contributed by atoms with E-state index in [0.29, 0.717) is 0 Å². The summed E-state index contributed by atoms with van der Waals surface area (Å²) < 4.78 is 2.53. The van der Waals surface area contributed by atoms with Crippen molar-refractivity contribution in [1.82, 2.24) is 4.57 Å². The van der Waals surface area contributed by atoms with Crippen molar-refractivity contribution in [3.8, 4) is 0 Å². The van der Waals surface area contributed by atoms with Crippen LogP contribution in [0.4, 0.5) is 0 Å². The molecule has 1 aromatic heterocycles. The molecule has 1 heteroatoms. The Kier molecular flexibility index (Phi) is 4.79. The van der Waals surface area contributed by atoms with Crippen molar-refractivity contribution in [2.45, 2.75) is 46.1 Å². The summed E-state index contributed by atoms with van der Waals surface area (Å²) in [6.45, 7) is 5.69. The zero-order valence-electron chi connectivity index (χ0n) is 15.8. The Balaban J connectivity index is 1.80. The van der Waals surface area contributed by atoms with Crippen molar-refractivity contribution < 1.29 is 0 Å². The minimum Gasteiger partial charge on any atom is -0.345 e. The van der Waals surface area contributed by atoms with Crippen LogP contribution in [0.1, 0.15) is 43.0 Å². The Hall–Kier alpha value is -2.54. The summed E-state index contributed by atoms with van der Waals surface area (Å²) in [5.74, 6) is 0. The van der Waals surface area contributed by atoms with E-state index in [1.165, 1.54) is 57.8 Å². The predicted octanol–water partition coefficient (Wildman–Crippen LogP) is 6.88. The number of aromatic nitrogens is 1. The van der Waals surface area contributed by atoms with E-state index in [9.17, 15) is 0 Å². The smallest absolute Gasteiger partial charge is 0.0485 e. The Morgan fingerprint density at radius 2 is 1.50 bits per heavy atom. The molecular weight excluding hydrogens is 314 g/mol. The van der Waals surface area contributed by atoms with Crippen molar-refractivity contribution >= 4 is 21.7 Å². The minimum absolute atomic E-state index is 0.995.